The van der Waals surface area contributed by atoms with E-state index in [9.17, 15) is 19.2 Å². The zero-order chi connectivity index (χ0) is 34.8. The number of fused-ring (bicyclic) bond motifs is 5. The molecule has 0 N–H and O–H groups in total. The van der Waals surface area contributed by atoms with Crippen molar-refractivity contribution < 1.29 is 47.9 Å². The number of esters is 2. The molecule has 1 aromatic rings. The molecule has 9 atom stereocenters. The third-order valence-corrected chi connectivity index (χ3v) is 12.9. The Labute approximate surface area is 293 Å². The quantitative estimate of drug-likeness (QED) is 0.229. The van der Waals surface area contributed by atoms with Crippen molar-refractivity contribution in [3.05, 3.63) is 29.3 Å². The zero-order valence-electron chi connectivity index (χ0n) is 29.4. The molecule has 7 fully saturated rings. The average Bonchev–Trinajstić information content (AvgIpc) is 3.35. The molecule has 0 aromatic heterocycles. The van der Waals surface area contributed by atoms with Crippen molar-refractivity contribution in [2.45, 2.75) is 128 Å². The SMILES string of the molecule is C[C@H]1[C@@H](OC(=O)CCC(=O)Oc2ccc3c(c2)C2CN(C(=O)C4CCCCC4)CC(=O)N2CC3)O[C@@H]2O[C@@]3(C)CC[C@H]4[C@H](C)CC[C@@H]1[C@@]24OO3. The van der Waals surface area contributed by atoms with Crippen molar-refractivity contribution in [2.75, 3.05) is 19.6 Å². The summed E-state index contributed by atoms with van der Waals surface area (Å²) in [6.07, 6.45) is 7.34. The molecule has 2 aliphatic carbocycles. The molecule has 1 spiro atoms. The van der Waals surface area contributed by atoms with Crippen LogP contribution in [0.15, 0.2) is 18.2 Å². The molecule has 1 aromatic carbocycles. The van der Waals surface area contributed by atoms with Gasteiger partial charge in [0.1, 0.15) is 5.75 Å². The van der Waals surface area contributed by atoms with Gasteiger partial charge in [-0.1, -0.05) is 39.2 Å². The maximum atomic E-state index is 13.4. The lowest BCUT2D eigenvalue weighted by Crippen LogP contribution is -2.70. The number of rotatable bonds is 6. The van der Waals surface area contributed by atoms with Gasteiger partial charge in [0.15, 0.2) is 11.9 Å². The van der Waals surface area contributed by atoms with Crippen LogP contribution in [0.25, 0.3) is 0 Å². The fraction of sp³-hybridized carbons (Fsp3) is 0.737. The second-order valence-electron chi connectivity index (χ2n) is 16.0. The van der Waals surface area contributed by atoms with Gasteiger partial charge in [-0.3, -0.25) is 19.2 Å². The zero-order valence-corrected chi connectivity index (χ0v) is 29.4. The highest BCUT2D eigenvalue weighted by Crippen LogP contribution is 2.60. The molecule has 9 rings (SSSR count). The van der Waals surface area contributed by atoms with E-state index in [2.05, 4.69) is 6.92 Å². The van der Waals surface area contributed by atoms with Crippen molar-refractivity contribution >= 4 is 23.8 Å². The van der Waals surface area contributed by atoms with Crippen LogP contribution in [0.1, 0.15) is 109 Å². The Kier molecular flexibility index (Phi) is 8.97. The van der Waals surface area contributed by atoms with Crippen LogP contribution in [0, 0.1) is 29.6 Å². The minimum atomic E-state index is -0.927. The maximum absolute atomic E-state index is 13.4. The lowest BCUT2D eigenvalue weighted by Gasteiger charge is -2.59. The summed E-state index contributed by atoms with van der Waals surface area (Å²) in [5.41, 5.74) is 1.22. The Morgan fingerprint density at radius 2 is 1.76 bits per heavy atom. The topological polar surface area (TPSA) is 130 Å². The normalized spacial score (nSPS) is 38.0. The number of hydrogen-bond acceptors (Lipinski definition) is 10. The summed E-state index contributed by atoms with van der Waals surface area (Å²) in [5, 5.41) is 0. The van der Waals surface area contributed by atoms with Gasteiger partial charge < -0.3 is 28.7 Å². The summed E-state index contributed by atoms with van der Waals surface area (Å²) < 4.78 is 24.3. The number of ether oxygens (including phenoxy) is 4. The molecule has 2 bridgehead atoms. The highest BCUT2D eigenvalue weighted by atomic mass is 17.3. The number of nitrogens with zero attached hydrogens (tertiary/aromatic N) is 2. The molecule has 12 heteroatoms. The van der Waals surface area contributed by atoms with E-state index in [0.717, 1.165) is 62.5 Å². The van der Waals surface area contributed by atoms with Gasteiger partial charge in [0.25, 0.3) is 0 Å². The van der Waals surface area contributed by atoms with Crippen molar-refractivity contribution in [1.82, 2.24) is 9.80 Å². The van der Waals surface area contributed by atoms with Crippen molar-refractivity contribution in [1.29, 1.82) is 0 Å². The molecule has 50 heavy (non-hydrogen) atoms. The Morgan fingerprint density at radius 3 is 2.58 bits per heavy atom. The number of carbonyl (C=O) groups is 4. The van der Waals surface area contributed by atoms with Gasteiger partial charge in [0.05, 0.1) is 25.4 Å². The van der Waals surface area contributed by atoms with Gasteiger partial charge in [-0.05, 0) is 80.5 Å². The largest absolute Gasteiger partial charge is 0.435 e. The van der Waals surface area contributed by atoms with Crippen LogP contribution in [-0.2, 0) is 49.6 Å². The standard InChI is InChI=1S/C38H50N2O10/c1-22-9-12-29-23(2)35(47-36-38(29)28(22)15-17-37(3,48-36)49-50-38)46-33(43)14-13-32(42)45-26-11-10-24-16-18-40-30(27(24)19-26)20-39(21-31(40)41)34(44)25-7-5-4-6-8-25/h10-11,19,22-23,25,28-30,35-36H,4-9,12-18,20-21H2,1-3H3/t22-,23-,28+,29+,30?,35+,36-,37-,38-/m1/s1. The van der Waals surface area contributed by atoms with Gasteiger partial charge in [-0.2, -0.15) is 0 Å². The van der Waals surface area contributed by atoms with E-state index >= 15 is 0 Å². The van der Waals surface area contributed by atoms with Gasteiger partial charge in [0, 0.05) is 37.3 Å². The van der Waals surface area contributed by atoms with E-state index < -0.39 is 35.9 Å². The summed E-state index contributed by atoms with van der Waals surface area (Å²) in [7, 11) is 0. The second kappa shape index (κ2) is 13.2. The van der Waals surface area contributed by atoms with Crippen LogP contribution in [0.3, 0.4) is 0 Å². The number of amides is 2. The Morgan fingerprint density at radius 1 is 0.960 bits per heavy atom. The maximum Gasteiger partial charge on any atom is 0.311 e. The predicted octanol–water partition coefficient (Wildman–Crippen LogP) is 4.97. The first-order valence-electron chi connectivity index (χ1n) is 18.9. The summed E-state index contributed by atoms with van der Waals surface area (Å²) in [6, 6.07) is 5.20. The van der Waals surface area contributed by atoms with Gasteiger partial charge in [0.2, 0.25) is 23.9 Å². The number of hydrogen-bond donors (Lipinski definition) is 0. The van der Waals surface area contributed by atoms with Crippen molar-refractivity contribution in [3.63, 3.8) is 0 Å². The van der Waals surface area contributed by atoms with Crippen LogP contribution in [0.5, 0.6) is 5.75 Å². The van der Waals surface area contributed by atoms with E-state index in [1.54, 1.807) is 11.0 Å². The fourth-order valence-electron chi connectivity index (χ4n) is 10.1. The van der Waals surface area contributed by atoms with E-state index in [-0.39, 0.29) is 60.9 Å². The molecule has 0 radical (unpaired) electrons. The highest BCUT2D eigenvalue weighted by molar-refractivity contribution is 5.88. The van der Waals surface area contributed by atoms with Crippen LogP contribution in [0.2, 0.25) is 0 Å². The van der Waals surface area contributed by atoms with Gasteiger partial charge in [-0.25, -0.2) is 9.78 Å². The molecule has 6 heterocycles. The molecule has 5 saturated heterocycles. The minimum Gasteiger partial charge on any atom is -0.435 e. The van der Waals surface area contributed by atoms with Crippen LogP contribution < -0.4 is 4.74 Å². The average molecular weight is 695 g/mol. The Balaban J connectivity index is 0.887. The molecule has 6 aliphatic heterocycles. The van der Waals surface area contributed by atoms with E-state index in [0.29, 0.717) is 37.6 Å². The van der Waals surface area contributed by atoms with Crippen LogP contribution in [0.4, 0.5) is 0 Å². The summed E-state index contributed by atoms with van der Waals surface area (Å²) in [4.78, 5) is 68.2. The first-order valence-corrected chi connectivity index (χ1v) is 18.9. The molecular weight excluding hydrogens is 644 g/mol. The van der Waals surface area contributed by atoms with Gasteiger partial charge >= 0.3 is 11.9 Å². The summed E-state index contributed by atoms with van der Waals surface area (Å²) in [6.45, 7) is 7.26. The summed E-state index contributed by atoms with van der Waals surface area (Å²) >= 11 is 0. The van der Waals surface area contributed by atoms with E-state index in [1.807, 2.05) is 30.9 Å². The molecule has 2 saturated carbocycles. The smallest absolute Gasteiger partial charge is 0.311 e. The number of benzene rings is 1. The third kappa shape index (κ3) is 5.93. The van der Waals surface area contributed by atoms with Crippen molar-refractivity contribution in [2.24, 2.45) is 29.6 Å². The lowest BCUT2D eigenvalue weighted by atomic mass is 9.58. The molecule has 1 unspecified atom stereocenters. The minimum absolute atomic E-state index is 0.00888. The summed E-state index contributed by atoms with van der Waals surface area (Å²) in [5.74, 6) is -1.19. The Bertz CT molecular complexity index is 1530. The molecule has 2 amide bonds. The van der Waals surface area contributed by atoms with Crippen LogP contribution >= 0.6 is 0 Å². The predicted molar refractivity (Wildman–Crippen MR) is 176 cm³/mol. The lowest BCUT2D eigenvalue weighted by molar-refractivity contribution is -0.576. The Hall–Kier alpha value is -3.06. The van der Waals surface area contributed by atoms with Crippen molar-refractivity contribution in [3.8, 4) is 5.75 Å². The van der Waals surface area contributed by atoms with Crippen LogP contribution in [-0.4, -0.2) is 77.2 Å². The first-order chi connectivity index (χ1) is 24.0. The monoisotopic (exact) mass is 694 g/mol. The number of piperazine rings is 1. The molecular formula is C38H50N2O10. The molecule has 12 nitrogen and oxygen atoms in total. The molecule has 272 valence electrons. The van der Waals surface area contributed by atoms with E-state index in [1.165, 1.54) is 0 Å². The highest BCUT2D eigenvalue weighted by Gasteiger charge is 2.69. The van der Waals surface area contributed by atoms with E-state index in [4.69, 9.17) is 28.7 Å². The molecule has 8 aliphatic rings. The van der Waals surface area contributed by atoms with Gasteiger partial charge in [-0.15, -0.1) is 0 Å². The first kappa shape index (κ1) is 34.0. The fourth-order valence-corrected chi connectivity index (χ4v) is 10.1. The third-order valence-electron chi connectivity index (χ3n) is 12.9. The second-order valence-corrected chi connectivity index (χ2v) is 16.0. The number of carbonyl (C=O) groups excluding carboxylic acids is 4.